The van der Waals surface area contributed by atoms with Crippen molar-refractivity contribution in [2.45, 2.75) is 71.6 Å². The van der Waals surface area contributed by atoms with Crippen LogP contribution in [0.25, 0.3) is 0 Å². The quantitative estimate of drug-likeness (QED) is 0.672. The van der Waals surface area contributed by atoms with Crippen LogP contribution in [0.3, 0.4) is 0 Å². The fourth-order valence-corrected chi connectivity index (χ4v) is 1.81. The van der Waals surface area contributed by atoms with Crippen LogP contribution in [0.15, 0.2) is 0 Å². The summed E-state index contributed by atoms with van der Waals surface area (Å²) in [6.07, 6.45) is 2.49. The van der Waals surface area contributed by atoms with E-state index in [4.69, 9.17) is 9.47 Å². The Morgan fingerprint density at radius 1 is 1.24 bits per heavy atom. The molecule has 6 heteroatoms. The molecule has 0 bridgehead atoms. The zero-order valence-corrected chi connectivity index (χ0v) is 14.1. The zero-order valence-electron chi connectivity index (χ0n) is 14.1. The van der Waals surface area contributed by atoms with Crippen LogP contribution in [0.2, 0.25) is 0 Å². The lowest BCUT2D eigenvalue weighted by Crippen LogP contribution is -2.48. The van der Waals surface area contributed by atoms with Gasteiger partial charge in [-0.2, -0.15) is 0 Å². The molecule has 0 aliphatic carbocycles. The fraction of sp³-hybridized carbons (Fsp3) is 0.867. The van der Waals surface area contributed by atoms with Crippen LogP contribution in [0.1, 0.15) is 53.9 Å². The molecule has 6 nitrogen and oxygen atoms in total. The molecule has 0 aromatic rings. The third kappa shape index (κ3) is 10.1. The smallest absolute Gasteiger partial charge is 0.407 e. The average molecular weight is 302 g/mol. The Morgan fingerprint density at radius 2 is 1.86 bits per heavy atom. The van der Waals surface area contributed by atoms with Gasteiger partial charge in [0.25, 0.3) is 0 Å². The number of carbonyl (C=O) groups is 2. The van der Waals surface area contributed by atoms with Crippen LogP contribution in [-0.2, 0) is 14.3 Å². The molecule has 0 rings (SSSR count). The van der Waals surface area contributed by atoms with Crippen LogP contribution in [0.4, 0.5) is 4.79 Å². The van der Waals surface area contributed by atoms with Gasteiger partial charge in [-0.25, -0.2) is 4.79 Å². The third-order valence-electron chi connectivity index (χ3n) is 2.84. The largest absolute Gasteiger partial charge is 0.468 e. The van der Waals surface area contributed by atoms with Gasteiger partial charge >= 0.3 is 12.1 Å². The van der Waals surface area contributed by atoms with E-state index in [1.165, 1.54) is 7.11 Å². The van der Waals surface area contributed by atoms with Crippen LogP contribution >= 0.6 is 0 Å². The highest BCUT2D eigenvalue weighted by atomic mass is 16.6. The van der Waals surface area contributed by atoms with E-state index in [0.29, 0.717) is 6.54 Å². The van der Waals surface area contributed by atoms with E-state index in [0.717, 1.165) is 19.3 Å². The Balaban J connectivity index is 4.35. The lowest BCUT2D eigenvalue weighted by molar-refractivity contribution is -0.142. The minimum Gasteiger partial charge on any atom is -0.468 e. The second kappa shape index (κ2) is 9.60. The summed E-state index contributed by atoms with van der Waals surface area (Å²) >= 11 is 0. The number of hydrogen-bond acceptors (Lipinski definition) is 5. The topological polar surface area (TPSA) is 76.7 Å². The first-order valence-corrected chi connectivity index (χ1v) is 7.50. The van der Waals surface area contributed by atoms with Gasteiger partial charge in [0.2, 0.25) is 0 Å². The van der Waals surface area contributed by atoms with Gasteiger partial charge in [-0.15, -0.1) is 0 Å². The van der Waals surface area contributed by atoms with Crippen molar-refractivity contribution in [3.63, 3.8) is 0 Å². The molecule has 0 aromatic carbocycles. The zero-order chi connectivity index (χ0) is 16.5. The van der Waals surface area contributed by atoms with Gasteiger partial charge in [0.15, 0.2) is 0 Å². The maximum absolute atomic E-state index is 11.7. The summed E-state index contributed by atoms with van der Waals surface area (Å²) in [7, 11) is 1.36. The highest BCUT2D eigenvalue weighted by molar-refractivity contribution is 5.75. The average Bonchev–Trinajstić information content (AvgIpc) is 2.38. The van der Waals surface area contributed by atoms with Crippen LogP contribution in [0, 0.1) is 0 Å². The molecule has 0 saturated carbocycles. The molecule has 2 atom stereocenters. The number of esters is 1. The molecule has 0 fully saturated rings. The summed E-state index contributed by atoms with van der Waals surface area (Å²) in [6.45, 7) is 9.72. The Bertz CT molecular complexity index is 326. The SMILES string of the molecule is CCCCC(CNC(=O)OC(C)(C)C)NC(C)C(=O)OC. The molecule has 0 spiro atoms. The first-order valence-electron chi connectivity index (χ1n) is 7.50. The Hall–Kier alpha value is -1.30. The molecule has 1 amide bonds. The fourth-order valence-electron chi connectivity index (χ4n) is 1.81. The molecule has 0 saturated heterocycles. The van der Waals surface area contributed by atoms with Crippen molar-refractivity contribution in [1.82, 2.24) is 10.6 Å². The lowest BCUT2D eigenvalue weighted by atomic mass is 10.1. The molecule has 124 valence electrons. The third-order valence-corrected chi connectivity index (χ3v) is 2.84. The molecule has 21 heavy (non-hydrogen) atoms. The molecule has 0 radical (unpaired) electrons. The number of amides is 1. The lowest BCUT2D eigenvalue weighted by Gasteiger charge is -2.24. The molecule has 0 aliphatic rings. The minimum atomic E-state index is -0.518. The van der Waals surface area contributed by atoms with Gasteiger partial charge in [-0.05, 0) is 34.1 Å². The number of carbonyl (C=O) groups excluding carboxylic acids is 2. The Kier molecular flexibility index (Phi) is 9.01. The maximum atomic E-state index is 11.7. The van der Waals surface area contributed by atoms with Crippen molar-refractivity contribution in [3.8, 4) is 0 Å². The van der Waals surface area contributed by atoms with E-state index < -0.39 is 17.7 Å². The molecule has 2 unspecified atom stereocenters. The van der Waals surface area contributed by atoms with E-state index in [9.17, 15) is 9.59 Å². The molecule has 0 aliphatic heterocycles. The molecular formula is C15H30N2O4. The number of ether oxygens (including phenoxy) is 2. The van der Waals surface area contributed by atoms with Gasteiger partial charge in [0.1, 0.15) is 11.6 Å². The second-order valence-electron chi connectivity index (χ2n) is 6.13. The first-order chi connectivity index (χ1) is 9.69. The van der Waals surface area contributed by atoms with Crippen LogP contribution in [0.5, 0.6) is 0 Å². The summed E-state index contributed by atoms with van der Waals surface area (Å²) in [5.74, 6) is -0.311. The standard InChI is InChI=1S/C15H30N2O4/c1-7-8-9-12(17-11(2)13(18)20-6)10-16-14(19)21-15(3,4)5/h11-12,17H,7-10H2,1-6H3,(H,16,19). The van der Waals surface area contributed by atoms with Gasteiger partial charge in [-0.3, -0.25) is 4.79 Å². The summed E-state index contributed by atoms with van der Waals surface area (Å²) in [5.41, 5.74) is -0.518. The number of methoxy groups -OCH3 is 1. The normalized spacial score (nSPS) is 14.2. The predicted octanol–water partition coefficient (Wildman–Crippen LogP) is 2.22. The Labute approximate surface area is 127 Å². The van der Waals surface area contributed by atoms with Crippen molar-refractivity contribution in [1.29, 1.82) is 0 Å². The van der Waals surface area contributed by atoms with E-state index in [1.54, 1.807) is 6.92 Å². The van der Waals surface area contributed by atoms with E-state index in [1.807, 2.05) is 20.8 Å². The summed E-state index contributed by atoms with van der Waals surface area (Å²) in [4.78, 5) is 23.1. The number of unbranched alkanes of at least 4 members (excludes halogenated alkanes) is 1. The van der Waals surface area contributed by atoms with Gasteiger partial charge in [0, 0.05) is 12.6 Å². The molecule has 2 N–H and O–H groups in total. The molecule has 0 aromatic heterocycles. The van der Waals surface area contributed by atoms with Crippen molar-refractivity contribution in [2.24, 2.45) is 0 Å². The minimum absolute atomic E-state index is 0.00608. The van der Waals surface area contributed by atoms with Crippen LogP contribution < -0.4 is 10.6 Å². The number of hydrogen-bond donors (Lipinski definition) is 2. The van der Waals surface area contributed by atoms with E-state index >= 15 is 0 Å². The number of rotatable bonds is 8. The second-order valence-corrected chi connectivity index (χ2v) is 6.13. The predicted molar refractivity (Wildman–Crippen MR) is 82.2 cm³/mol. The summed E-state index contributed by atoms with van der Waals surface area (Å²) in [5, 5.41) is 5.91. The van der Waals surface area contributed by atoms with Crippen molar-refractivity contribution >= 4 is 12.1 Å². The van der Waals surface area contributed by atoms with Gasteiger partial charge in [-0.1, -0.05) is 19.8 Å². The highest BCUT2D eigenvalue weighted by Gasteiger charge is 2.20. The molecule has 0 heterocycles. The highest BCUT2D eigenvalue weighted by Crippen LogP contribution is 2.07. The van der Waals surface area contributed by atoms with Crippen molar-refractivity contribution in [3.05, 3.63) is 0 Å². The van der Waals surface area contributed by atoms with E-state index in [-0.39, 0.29) is 12.0 Å². The number of nitrogens with one attached hydrogen (secondary N) is 2. The first kappa shape index (κ1) is 19.7. The van der Waals surface area contributed by atoms with Gasteiger partial charge in [0.05, 0.1) is 7.11 Å². The maximum Gasteiger partial charge on any atom is 0.407 e. The van der Waals surface area contributed by atoms with E-state index in [2.05, 4.69) is 17.6 Å². The van der Waals surface area contributed by atoms with Gasteiger partial charge < -0.3 is 20.1 Å². The summed E-state index contributed by atoms with van der Waals surface area (Å²) in [6, 6.07) is -0.399. The monoisotopic (exact) mass is 302 g/mol. The Morgan fingerprint density at radius 3 is 2.33 bits per heavy atom. The van der Waals surface area contributed by atoms with Crippen LogP contribution in [-0.4, -0.2) is 43.4 Å². The van der Waals surface area contributed by atoms with Crippen molar-refractivity contribution < 1.29 is 19.1 Å². The summed E-state index contributed by atoms with van der Waals surface area (Å²) < 4.78 is 9.89. The van der Waals surface area contributed by atoms with Crippen molar-refractivity contribution in [2.75, 3.05) is 13.7 Å². The number of alkyl carbamates (subject to hydrolysis) is 1. The molecular weight excluding hydrogens is 272 g/mol.